The van der Waals surface area contributed by atoms with Crippen LogP contribution >= 0.6 is 0 Å². The third kappa shape index (κ3) is 4.33. The molecule has 2 aromatic rings. The van der Waals surface area contributed by atoms with Crippen molar-refractivity contribution < 1.29 is 19.0 Å². The van der Waals surface area contributed by atoms with Crippen molar-refractivity contribution in [1.82, 2.24) is 0 Å². The van der Waals surface area contributed by atoms with E-state index in [9.17, 15) is 4.79 Å². The second-order valence-corrected chi connectivity index (χ2v) is 8.08. The average molecular weight is 414 g/mol. The van der Waals surface area contributed by atoms with Crippen molar-refractivity contribution in [3.63, 3.8) is 0 Å². The first-order valence-electron chi connectivity index (χ1n) is 11.1. The van der Waals surface area contributed by atoms with Gasteiger partial charge in [0, 0.05) is 43.3 Å². The number of anilines is 1. The summed E-state index contributed by atoms with van der Waals surface area (Å²) in [6, 6.07) is 12.9. The van der Waals surface area contributed by atoms with Gasteiger partial charge in [-0.05, 0) is 50.1 Å². The van der Waals surface area contributed by atoms with Gasteiger partial charge in [-0.25, -0.2) is 0 Å². The predicted molar refractivity (Wildman–Crippen MR) is 121 cm³/mol. The first kappa shape index (κ1) is 22.6. The third-order valence-electron chi connectivity index (χ3n) is 6.30. The summed E-state index contributed by atoms with van der Waals surface area (Å²) in [6.45, 7) is 12.7. The van der Waals surface area contributed by atoms with Gasteiger partial charge in [0.05, 0.1) is 13.0 Å². The lowest BCUT2D eigenvalue weighted by Gasteiger charge is -2.34. The van der Waals surface area contributed by atoms with Crippen LogP contribution in [0.5, 0.6) is 0 Å². The van der Waals surface area contributed by atoms with Gasteiger partial charge in [-0.2, -0.15) is 0 Å². The fourth-order valence-corrected chi connectivity index (χ4v) is 4.75. The maximum atomic E-state index is 12.6. The van der Waals surface area contributed by atoms with E-state index in [2.05, 4.69) is 55.1 Å². The number of carbonyl (C=O) groups excluding carboxylic acids is 1. The molecule has 2 aromatic carbocycles. The van der Waals surface area contributed by atoms with Gasteiger partial charge in [0.1, 0.15) is 0 Å². The van der Waals surface area contributed by atoms with E-state index < -0.39 is 0 Å². The van der Waals surface area contributed by atoms with Crippen molar-refractivity contribution >= 4 is 22.4 Å². The molecule has 3 rings (SSSR count). The summed E-state index contributed by atoms with van der Waals surface area (Å²) in [7, 11) is 0. The lowest BCUT2D eigenvalue weighted by atomic mass is 9.74. The van der Waals surface area contributed by atoms with Gasteiger partial charge in [0.15, 0.2) is 6.29 Å². The normalized spacial score (nSPS) is 20.7. The van der Waals surface area contributed by atoms with Crippen LogP contribution in [0.2, 0.25) is 0 Å². The Balaban J connectivity index is 1.99. The maximum Gasteiger partial charge on any atom is 0.306 e. The SMILES string of the molecule is CCOC(=O)CC1(C)c2c(ccc3ccccc23)N(CCC(OCC)OCC)C1C. The molecule has 0 aliphatic carbocycles. The van der Waals surface area contributed by atoms with E-state index in [4.69, 9.17) is 14.2 Å². The second-order valence-electron chi connectivity index (χ2n) is 8.08. The number of nitrogens with zero attached hydrogens (tertiary/aromatic N) is 1. The van der Waals surface area contributed by atoms with Crippen LogP contribution in [-0.2, 0) is 24.4 Å². The fraction of sp³-hybridized carbons (Fsp3) is 0.560. The van der Waals surface area contributed by atoms with Gasteiger partial charge in [-0.1, -0.05) is 37.3 Å². The third-order valence-corrected chi connectivity index (χ3v) is 6.30. The first-order chi connectivity index (χ1) is 14.5. The number of esters is 1. The molecule has 0 N–H and O–H groups in total. The molecule has 1 heterocycles. The number of carbonyl (C=O) groups is 1. The summed E-state index contributed by atoms with van der Waals surface area (Å²) in [5.74, 6) is -0.144. The number of hydrogen-bond acceptors (Lipinski definition) is 5. The molecule has 0 saturated heterocycles. The average Bonchev–Trinajstić information content (AvgIpc) is 2.93. The summed E-state index contributed by atoms with van der Waals surface area (Å²) in [4.78, 5) is 15.0. The summed E-state index contributed by atoms with van der Waals surface area (Å²) >= 11 is 0. The molecule has 0 spiro atoms. The molecule has 2 atom stereocenters. The van der Waals surface area contributed by atoms with Crippen molar-refractivity contribution in [2.45, 2.75) is 65.2 Å². The van der Waals surface area contributed by atoms with E-state index >= 15 is 0 Å². The highest BCUT2D eigenvalue weighted by atomic mass is 16.7. The molecule has 164 valence electrons. The van der Waals surface area contributed by atoms with Crippen LogP contribution in [0.3, 0.4) is 0 Å². The molecule has 2 unspecified atom stereocenters. The Morgan fingerprint density at radius 3 is 2.43 bits per heavy atom. The van der Waals surface area contributed by atoms with Gasteiger partial charge < -0.3 is 19.1 Å². The molecule has 0 saturated carbocycles. The molecule has 0 aromatic heterocycles. The first-order valence-corrected chi connectivity index (χ1v) is 11.1. The molecule has 30 heavy (non-hydrogen) atoms. The van der Waals surface area contributed by atoms with E-state index in [-0.39, 0.29) is 23.7 Å². The number of ether oxygens (including phenoxy) is 3. The molecule has 0 fully saturated rings. The quantitative estimate of drug-likeness (QED) is 0.403. The Labute approximate surface area is 180 Å². The van der Waals surface area contributed by atoms with Crippen LogP contribution in [0.15, 0.2) is 36.4 Å². The van der Waals surface area contributed by atoms with Crippen molar-refractivity contribution in [2.75, 3.05) is 31.3 Å². The van der Waals surface area contributed by atoms with Gasteiger partial charge in [-0.3, -0.25) is 4.79 Å². The lowest BCUT2D eigenvalue weighted by Crippen LogP contribution is -2.43. The summed E-state index contributed by atoms with van der Waals surface area (Å²) < 4.78 is 16.9. The van der Waals surface area contributed by atoms with Crippen molar-refractivity contribution in [3.8, 4) is 0 Å². The maximum absolute atomic E-state index is 12.6. The highest BCUT2D eigenvalue weighted by molar-refractivity contribution is 5.94. The van der Waals surface area contributed by atoms with Gasteiger partial charge in [0.25, 0.3) is 0 Å². The largest absolute Gasteiger partial charge is 0.466 e. The molecule has 5 heteroatoms. The zero-order chi connectivity index (χ0) is 21.7. The minimum absolute atomic E-state index is 0.144. The number of fused-ring (bicyclic) bond motifs is 3. The zero-order valence-electron chi connectivity index (χ0n) is 18.9. The standard InChI is InChI=1S/C25H35NO4/c1-6-28-22(27)17-25(5)18(4)26(16-15-23(29-7-2)30-8-3)21-14-13-19-11-9-10-12-20(19)24(21)25/h9-14,18,23H,6-8,15-17H2,1-5H3. The number of rotatable bonds is 10. The van der Waals surface area contributed by atoms with E-state index in [0.29, 0.717) is 26.2 Å². The Morgan fingerprint density at radius 1 is 1.07 bits per heavy atom. The molecular weight excluding hydrogens is 378 g/mol. The van der Waals surface area contributed by atoms with Crippen LogP contribution in [0.25, 0.3) is 10.8 Å². The van der Waals surface area contributed by atoms with E-state index in [1.807, 2.05) is 20.8 Å². The molecule has 1 aliphatic rings. The van der Waals surface area contributed by atoms with Crippen LogP contribution in [0, 0.1) is 0 Å². The summed E-state index contributed by atoms with van der Waals surface area (Å²) in [6.07, 6.45) is 0.918. The number of hydrogen-bond donors (Lipinski definition) is 0. The van der Waals surface area contributed by atoms with Gasteiger partial charge in [0.2, 0.25) is 0 Å². The van der Waals surface area contributed by atoms with E-state index in [1.165, 1.54) is 22.0 Å². The Bertz CT molecular complexity index is 861. The van der Waals surface area contributed by atoms with Crippen molar-refractivity contribution in [3.05, 3.63) is 42.0 Å². The van der Waals surface area contributed by atoms with Crippen LogP contribution < -0.4 is 4.90 Å². The van der Waals surface area contributed by atoms with Crippen LogP contribution in [-0.4, -0.2) is 44.7 Å². The Morgan fingerprint density at radius 2 is 1.77 bits per heavy atom. The monoisotopic (exact) mass is 413 g/mol. The molecule has 0 radical (unpaired) electrons. The Kier molecular flexibility index (Phi) is 7.37. The van der Waals surface area contributed by atoms with E-state index in [1.54, 1.807) is 0 Å². The summed E-state index contributed by atoms with van der Waals surface area (Å²) in [5.41, 5.74) is 2.10. The highest BCUT2D eigenvalue weighted by Crippen LogP contribution is 2.50. The second kappa shape index (κ2) is 9.80. The molecular formula is C25H35NO4. The predicted octanol–water partition coefficient (Wildman–Crippen LogP) is 5.05. The highest BCUT2D eigenvalue weighted by Gasteiger charge is 2.47. The zero-order valence-corrected chi connectivity index (χ0v) is 18.9. The fourth-order valence-electron chi connectivity index (χ4n) is 4.75. The molecule has 5 nitrogen and oxygen atoms in total. The topological polar surface area (TPSA) is 48.0 Å². The number of benzene rings is 2. The lowest BCUT2D eigenvalue weighted by molar-refractivity contribution is -0.144. The molecule has 0 amide bonds. The smallest absolute Gasteiger partial charge is 0.306 e. The minimum atomic E-state index is -0.338. The van der Waals surface area contributed by atoms with Gasteiger partial charge in [-0.15, -0.1) is 0 Å². The minimum Gasteiger partial charge on any atom is -0.466 e. The summed E-state index contributed by atoms with van der Waals surface area (Å²) in [5, 5.41) is 2.41. The van der Waals surface area contributed by atoms with Crippen molar-refractivity contribution in [1.29, 1.82) is 0 Å². The molecule has 0 bridgehead atoms. The van der Waals surface area contributed by atoms with Crippen LogP contribution in [0.1, 0.15) is 53.0 Å². The van der Waals surface area contributed by atoms with Crippen molar-refractivity contribution in [2.24, 2.45) is 0 Å². The van der Waals surface area contributed by atoms with Crippen LogP contribution in [0.4, 0.5) is 5.69 Å². The van der Waals surface area contributed by atoms with Gasteiger partial charge >= 0.3 is 5.97 Å². The Hall–Kier alpha value is -2.11. The van der Waals surface area contributed by atoms with E-state index in [0.717, 1.165) is 13.0 Å². The molecule has 1 aliphatic heterocycles.